The van der Waals surface area contributed by atoms with Gasteiger partial charge in [-0.25, -0.2) is 0 Å². The molecule has 1 fully saturated rings. The molecule has 0 unspecified atom stereocenters. The Balaban J connectivity index is 2.73. The van der Waals surface area contributed by atoms with E-state index in [1.807, 2.05) is 0 Å². The Bertz CT molecular complexity index is 350. The fourth-order valence-corrected chi connectivity index (χ4v) is 3.29. The second kappa shape index (κ2) is 6.95. The SMILES string of the molecule is CC(C)C(CNC(=O)C1(C(N)=NO)CCCC1)C(C)C. The number of carbonyl (C=O) groups is 1. The van der Waals surface area contributed by atoms with Gasteiger partial charge in [0.1, 0.15) is 5.41 Å². The van der Waals surface area contributed by atoms with Gasteiger partial charge in [-0.15, -0.1) is 0 Å². The third kappa shape index (κ3) is 3.44. The molecule has 0 spiro atoms. The van der Waals surface area contributed by atoms with Gasteiger partial charge in [-0.05, 0) is 30.6 Å². The van der Waals surface area contributed by atoms with Crippen molar-refractivity contribution < 1.29 is 10.0 Å². The number of carbonyl (C=O) groups excluding carboxylic acids is 1. The maximum absolute atomic E-state index is 12.5. The number of nitrogens with two attached hydrogens (primary N) is 1. The lowest BCUT2D eigenvalue weighted by Crippen LogP contribution is -2.49. The minimum atomic E-state index is -0.798. The second-order valence-corrected chi connectivity index (χ2v) is 6.64. The van der Waals surface area contributed by atoms with Crippen LogP contribution < -0.4 is 11.1 Å². The van der Waals surface area contributed by atoms with Gasteiger partial charge in [0.25, 0.3) is 0 Å². The van der Waals surface area contributed by atoms with E-state index in [0.717, 1.165) is 12.8 Å². The van der Waals surface area contributed by atoms with E-state index in [1.54, 1.807) is 0 Å². The van der Waals surface area contributed by atoms with Crippen molar-refractivity contribution in [2.45, 2.75) is 53.4 Å². The van der Waals surface area contributed by atoms with Crippen molar-refractivity contribution >= 4 is 11.7 Å². The highest BCUT2D eigenvalue weighted by Crippen LogP contribution is 2.38. The summed E-state index contributed by atoms with van der Waals surface area (Å²) in [4.78, 5) is 12.5. The maximum atomic E-state index is 12.5. The van der Waals surface area contributed by atoms with Gasteiger partial charge >= 0.3 is 0 Å². The first-order valence-corrected chi connectivity index (χ1v) is 7.61. The molecule has 4 N–H and O–H groups in total. The average molecular weight is 283 g/mol. The van der Waals surface area contributed by atoms with Gasteiger partial charge < -0.3 is 16.3 Å². The summed E-state index contributed by atoms with van der Waals surface area (Å²) in [6.45, 7) is 9.34. The summed E-state index contributed by atoms with van der Waals surface area (Å²) in [7, 11) is 0. The van der Waals surface area contributed by atoms with E-state index in [-0.39, 0.29) is 11.7 Å². The second-order valence-electron chi connectivity index (χ2n) is 6.64. The zero-order valence-electron chi connectivity index (χ0n) is 13.1. The van der Waals surface area contributed by atoms with E-state index in [9.17, 15) is 4.79 Å². The molecule has 0 aromatic carbocycles. The Labute approximate surface area is 122 Å². The van der Waals surface area contributed by atoms with Crippen molar-refractivity contribution in [2.75, 3.05) is 6.54 Å². The smallest absolute Gasteiger partial charge is 0.233 e. The Morgan fingerprint density at radius 3 is 2.15 bits per heavy atom. The molecule has 5 heteroatoms. The van der Waals surface area contributed by atoms with Crippen LogP contribution in [0.25, 0.3) is 0 Å². The van der Waals surface area contributed by atoms with Gasteiger partial charge in [0.15, 0.2) is 5.84 Å². The summed E-state index contributed by atoms with van der Waals surface area (Å²) in [5.74, 6) is 1.43. The molecule has 116 valence electrons. The highest BCUT2D eigenvalue weighted by atomic mass is 16.4. The predicted molar refractivity (Wildman–Crippen MR) is 80.5 cm³/mol. The third-order valence-corrected chi connectivity index (χ3v) is 4.70. The molecule has 0 aromatic heterocycles. The molecule has 0 saturated heterocycles. The van der Waals surface area contributed by atoms with Crippen LogP contribution in [0.4, 0.5) is 0 Å². The fraction of sp³-hybridized carbons (Fsp3) is 0.867. The Morgan fingerprint density at radius 2 is 1.75 bits per heavy atom. The first-order valence-electron chi connectivity index (χ1n) is 7.61. The van der Waals surface area contributed by atoms with Gasteiger partial charge in [-0.1, -0.05) is 45.7 Å². The molecular weight excluding hydrogens is 254 g/mol. The summed E-state index contributed by atoms with van der Waals surface area (Å²) in [6.07, 6.45) is 3.23. The number of amides is 1. The van der Waals surface area contributed by atoms with Crippen molar-refractivity contribution in [3.63, 3.8) is 0 Å². The molecule has 1 rings (SSSR count). The molecule has 0 radical (unpaired) electrons. The van der Waals surface area contributed by atoms with Crippen molar-refractivity contribution in [1.82, 2.24) is 5.32 Å². The van der Waals surface area contributed by atoms with Crippen LogP contribution in [0.3, 0.4) is 0 Å². The number of hydrogen-bond donors (Lipinski definition) is 3. The van der Waals surface area contributed by atoms with E-state index < -0.39 is 5.41 Å². The monoisotopic (exact) mass is 283 g/mol. The lowest BCUT2D eigenvalue weighted by atomic mass is 9.82. The molecule has 0 atom stereocenters. The van der Waals surface area contributed by atoms with Gasteiger partial charge in [-0.2, -0.15) is 0 Å². The summed E-state index contributed by atoms with van der Waals surface area (Å²) < 4.78 is 0. The Morgan fingerprint density at radius 1 is 1.25 bits per heavy atom. The molecule has 0 aromatic rings. The number of nitrogens with zero attached hydrogens (tertiary/aromatic N) is 1. The standard InChI is InChI=1S/C15H29N3O2/c1-10(2)12(11(3)4)9-17-14(19)15(13(16)18-20)7-5-6-8-15/h10-12,20H,5-9H2,1-4H3,(H2,16,18)(H,17,19). The molecule has 5 nitrogen and oxygen atoms in total. The summed E-state index contributed by atoms with van der Waals surface area (Å²) in [6, 6.07) is 0. The Hall–Kier alpha value is -1.26. The van der Waals surface area contributed by atoms with Gasteiger partial charge in [0.2, 0.25) is 5.91 Å². The van der Waals surface area contributed by atoms with Crippen molar-refractivity contribution in [3.05, 3.63) is 0 Å². The lowest BCUT2D eigenvalue weighted by Gasteiger charge is -2.30. The molecule has 0 heterocycles. The maximum Gasteiger partial charge on any atom is 0.233 e. The van der Waals surface area contributed by atoms with Crippen LogP contribution in [-0.2, 0) is 4.79 Å². The van der Waals surface area contributed by atoms with Crippen LogP contribution >= 0.6 is 0 Å². The first kappa shape index (κ1) is 16.8. The number of oxime groups is 1. The number of nitrogens with one attached hydrogen (secondary N) is 1. The Kier molecular flexibility index (Phi) is 5.84. The lowest BCUT2D eigenvalue weighted by molar-refractivity contribution is -0.127. The van der Waals surface area contributed by atoms with Crippen LogP contribution in [0.5, 0.6) is 0 Å². The number of rotatable bonds is 6. The van der Waals surface area contributed by atoms with Crippen LogP contribution in [0.15, 0.2) is 5.16 Å². The van der Waals surface area contributed by atoms with E-state index in [1.165, 1.54) is 0 Å². The summed E-state index contributed by atoms with van der Waals surface area (Å²) in [5, 5.41) is 15.1. The van der Waals surface area contributed by atoms with Crippen molar-refractivity contribution in [1.29, 1.82) is 0 Å². The van der Waals surface area contributed by atoms with Gasteiger partial charge in [-0.3, -0.25) is 4.79 Å². The molecule has 1 aliphatic carbocycles. The largest absolute Gasteiger partial charge is 0.409 e. The highest BCUT2D eigenvalue weighted by molar-refractivity contribution is 6.07. The molecule has 0 aliphatic heterocycles. The van der Waals surface area contributed by atoms with Crippen LogP contribution in [0.1, 0.15) is 53.4 Å². The highest BCUT2D eigenvalue weighted by Gasteiger charge is 2.45. The van der Waals surface area contributed by atoms with E-state index in [0.29, 0.717) is 37.1 Å². The molecule has 1 saturated carbocycles. The van der Waals surface area contributed by atoms with Crippen LogP contribution in [0, 0.1) is 23.2 Å². The predicted octanol–water partition coefficient (Wildman–Crippen LogP) is 2.34. The topological polar surface area (TPSA) is 87.7 Å². The average Bonchev–Trinajstić information content (AvgIpc) is 2.87. The molecule has 1 aliphatic rings. The zero-order chi connectivity index (χ0) is 15.3. The van der Waals surface area contributed by atoms with E-state index in [4.69, 9.17) is 10.9 Å². The normalized spacial score (nSPS) is 19.1. The van der Waals surface area contributed by atoms with Crippen LogP contribution in [0.2, 0.25) is 0 Å². The third-order valence-electron chi connectivity index (χ3n) is 4.70. The number of amidine groups is 1. The quantitative estimate of drug-likeness (QED) is 0.302. The van der Waals surface area contributed by atoms with E-state index >= 15 is 0 Å². The number of hydrogen-bond acceptors (Lipinski definition) is 3. The van der Waals surface area contributed by atoms with Crippen molar-refractivity contribution in [3.8, 4) is 0 Å². The molecule has 0 bridgehead atoms. The molecular formula is C15H29N3O2. The molecule has 20 heavy (non-hydrogen) atoms. The van der Waals surface area contributed by atoms with E-state index in [2.05, 4.69) is 38.2 Å². The van der Waals surface area contributed by atoms with Crippen molar-refractivity contribution in [2.24, 2.45) is 34.1 Å². The summed E-state index contributed by atoms with van der Waals surface area (Å²) in [5.41, 5.74) is 4.98. The van der Waals surface area contributed by atoms with Gasteiger partial charge in [0, 0.05) is 6.54 Å². The first-order chi connectivity index (χ1) is 9.35. The molecule has 1 amide bonds. The minimum Gasteiger partial charge on any atom is -0.409 e. The zero-order valence-corrected chi connectivity index (χ0v) is 13.1. The van der Waals surface area contributed by atoms with Crippen LogP contribution in [-0.4, -0.2) is 23.5 Å². The van der Waals surface area contributed by atoms with Gasteiger partial charge in [0.05, 0.1) is 0 Å². The fourth-order valence-electron chi connectivity index (χ4n) is 3.29. The summed E-state index contributed by atoms with van der Waals surface area (Å²) >= 11 is 0. The minimum absolute atomic E-state index is 0.0538.